The summed E-state index contributed by atoms with van der Waals surface area (Å²) in [5.41, 5.74) is 3.15. The van der Waals surface area contributed by atoms with Crippen molar-refractivity contribution >= 4 is 11.6 Å². The number of hydrogen-bond donors (Lipinski definition) is 1. The van der Waals surface area contributed by atoms with Crippen molar-refractivity contribution in [3.05, 3.63) is 52.1 Å². The standard InChI is InChI=1S/C12H10ClFN2/c13-12-8(2-1-3-10(12)14)7-4-5-11-9(7)6-15-16-11/h1-3,6-7H,4-5H2,(H,15,16). The molecule has 1 aliphatic rings. The SMILES string of the molecule is Fc1cccc(C2CCc3[nH]ncc32)c1Cl. The fraction of sp³-hybridized carbons (Fsp3) is 0.250. The molecule has 0 saturated carbocycles. The largest absolute Gasteiger partial charge is 0.282 e. The first kappa shape index (κ1) is 9.85. The molecule has 1 aromatic heterocycles. The lowest BCUT2D eigenvalue weighted by Gasteiger charge is -2.12. The number of benzene rings is 1. The average molecular weight is 237 g/mol. The highest BCUT2D eigenvalue weighted by atomic mass is 35.5. The Balaban J connectivity index is 2.09. The van der Waals surface area contributed by atoms with Gasteiger partial charge in [0, 0.05) is 17.2 Å². The van der Waals surface area contributed by atoms with Crippen molar-refractivity contribution in [3.63, 3.8) is 0 Å². The van der Waals surface area contributed by atoms with Crippen LogP contribution in [0.4, 0.5) is 4.39 Å². The molecule has 0 aliphatic heterocycles. The molecule has 16 heavy (non-hydrogen) atoms. The summed E-state index contributed by atoms with van der Waals surface area (Å²) in [6.45, 7) is 0. The van der Waals surface area contributed by atoms with E-state index in [0.29, 0.717) is 0 Å². The minimum atomic E-state index is -0.351. The summed E-state index contributed by atoms with van der Waals surface area (Å²) in [5.74, 6) is -0.173. The molecule has 1 aliphatic carbocycles. The van der Waals surface area contributed by atoms with E-state index in [4.69, 9.17) is 11.6 Å². The number of aryl methyl sites for hydroxylation is 1. The number of nitrogens with one attached hydrogen (secondary N) is 1. The van der Waals surface area contributed by atoms with E-state index in [1.165, 1.54) is 6.07 Å². The van der Waals surface area contributed by atoms with Crippen LogP contribution in [0.25, 0.3) is 0 Å². The lowest BCUT2D eigenvalue weighted by molar-refractivity contribution is 0.623. The Bertz CT molecular complexity index is 536. The zero-order valence-corrected chi connectivity index (χ0v) is 9.26. The highest BCUT2D eigenvalue weighted by molar-refractivity contribution is 6.31. The first-order valence-electron chi connectivity index (χ1n) is 5.23. The summed E-state index contributed by atoms with van der Waals surface area (Å²) < 4.78 is 13.4. The molecule has 0 amide bonds. The van der Waals surface area contributed by atoms with Crippen molar-refractivity contribution in [1.29, 1.82) is 0 Å². The molecule has 1 aromatic carbocycles. The quantitative estimate of drug-likeness (QED) is 0.809. The first-order valence-corrected chi connectivity index (χ1v) is 5.61. The van der Waals surface area contributed by atoms with Crippen LogP contribution in [0.5, 0.6) is 0 Å². The molecule has 0 fully saturated rings. The van der Waals surface area contributed by atoms with Gasteiger partial charge < -0.3 is 0 Å². The lowest BCUT2D eigenvalue weighted by Crippen LogP contribution is -1.97. The van der Waals surface area contributed by atoms with Gasteiger partial charge in [0.05, 0.1) is 11.2 Å². The third-order valence-electron chi connectivity index (χ3n) is 3.17. The monoisotopic (exact) mass is 236 g/mol. The zero-order valence-electron chi connectivity index (χ0n) is 8.50. The van der Waals surface area contributed by atoms with Gasteiger partial charge in [-0.25, -0.2) is 4.39 Å². The second-order valence-electron chi connectivity index (χ2n) is 4.04. The Morgan fingerprint density at radius 3 is 3.12 bits per heavy atom. The molecule has 2 nitrogen and oxygen atoms in total. The smallest absolute Gasteiger partial charge is 0.142 e. The van der Waals surface area contributed by atoms with Crippen LogP contribution in [0, 0.1) is 5.82 Å². The number of H-pyrrole nitrogens is 1. The molecule has 1 atom stereocenters. The Morgan fingerprint density at radius 2 is 2.25 bits per heavy atom. The maximum atomic E-state index is 13.4. The number of nitrogens with zero attached hydrogens (tertiary/aromatic N) is 1. The van der Waals surface area contributed by atoms with Crippen LogP contribution in [0.15, 0.2) is 24.4 Å². The van der Waals surface area contributed by atoms with Crippen LogP contribution in [0.3, 0.4) is 0 Å². The van der Waals surface area contributed by atoms with Gasteiger partial charge in [0.15, 0.2) is 0 Å². The van der Waals surface area contributed by atoms with E-state index in [-0.39, 0.29) is 16.8 Å². The second-order valence-corrected chi connectivity index (χ2v) is 4.42. The molecule has 4 heteroatoms. The predicted octanol–water partition coefficient (Wildman–Crippen LogP) is 3.28. The summed E-state index contributed by atoms with van der Waals surface area (Å²) in [6, 6.07) is 4.98. The van der Waals surface area contributed by atoms with E-state index in [1.807, 2.05) is 12.3 Å². The fourth-order valence-electron chi connectivity index (χ4n) is 2.38. The summed E-state index contributed by atoms with van der Waals surface area (Å²) >= 11 is 6.00. The van der Waals surface area contributed by atoms with Crippen molar-refractivity contribution in [2.24, 2.45) is 0 Å². The van der Waals surface area contributed by atoms with Crippen LogP contribution in [0.1, 0.15) is 29.2 Å². The molecule has 1 unspecified atom stereocenters. The molecule has 0 bridgehead atoms. The van der Waals surface area contributed by atoms with Crippen LogP contribution < -0.4 is 0 Å². The van der Waals surface area contributed by atoms with Crippen LogP contribution in [0.2, 0.25) is 5.02 Å². The summed E-state index contributed by atoms with van der Waals surface area (Å²) in [6.07, 6.45) is 3.73. The second kappa shape index (κ2) is 3.59. The molecule has 82 valence electrons. The van der Waals surface area contributed by atoms with E-state index in [2.05, 4.69) is 10.2 Å². The van der Waals surface area contributed by atoms with E-state index in [1.54, 1.807) is 6.07 Å². The van der Waals surface area contributed by atoms with Gasteiger partial charge in [-0.1, -0.05) is 23.7 Å². The van der Waals surface area contributed by atoms with Crippen molar-refractivity contribution < 1.29 is 4.39 Å². The number of hydrogen-bond acceptors (Lipinski definition) is 1. The van der Waals surface area contributed by atoms with Crippen LogP contribution >= 0.6 is 11.6 Å². The molecule has 3 rings (SSSR count). The van der Waals surface area contributed by atoms with E-state index < -0.39 is 0 Å². The highest BCUT2D eigenvalue weighted by Gasteiger charge is 2.27. The molecular weight excluding hydrogens is 227 g/mol. The first-order chi connectivity index (χ1) is 7.77. The number of aromatic nitrogens is 2. The molecule has 1 heterocycles. The number of rotatable bonds is 1. The molecular formula is C12H10ClFN2. The Hall–Kier alpha value is -1.35. The lowest BCUT2D eigenvalue weighted by atomic mass is 9.94. The van der Waals surface area contributed by atoms with Gasteiger partial charge in [0.1, 0.15) is 5.82 Å². The summed E-state index contributed by atoms with van der Waals surface area (Å²) in [7, 11) is 0. The minimum absolute atomic E-state index is 0.178. The van der Waals surface area contributed by atoms with Crippen molar-refractivity contribution in [2.75, 3.05) is 0 Å². The van der Waals surface area contributed by atoms with Gasteiger partial charge in [0.25, 0.3) is 0 Å². The highest BCUT2D eigenvalue weighted by Crippen LogP contribution is 2.40. The van der Waals surface area contributed by atoms with Gasteiger partial charge in [-0.2, -0.15) is 5.10 Å². The Morgan fingerprint density at radius 1 is 1.38 bits per heavy atom. The maximum Gasteiger partial charge on any atom is 0.142 e. The topological polar surface area (TPSA) is 28.7 Å². The maximum absolute atomic E-state index is 13.4. The number of halogens is 2. The molecule has 0 saturated heterocycles. The third kappa shape index (κ3) is 1.35. The minimum Gasteiger partial charge on any atom is -0.282 e. The van der Waals surface area contributed by atoms with Crippen LogP contribution in [-0.4, -0.2) is 10.2 Å². The third-order valence-corrected chi connectivity index (χ3v) is 3.57. The van der Waals surface area contributed by atoms with Gasteiger partial charge in [-0.15, -0.1) is 0 Å². The van der Waals surface area contributed by atoms with E-state index in [0.717, 1.165) is 29.7 Å². The zero-order chi connectivity index (χ0) is 11.1. The predicted molar refractivity (Wildman–Crippen MR) is 60.2 cm³/mol. The van der Waals surface area contributed by atoms with Crippen molar-refractivity contribution in [2.45, 2.75) is 18.8 Å². The van der Waals surface area contributed by atoms with Crippen molar-refractivity contribution in [1.82, 2.24) is 10.2 Å². The van der Waals surface area contributed by atoms with Crippen LogP contribution in [-0.2, 0) is 6.42 Å². The van der Waals surface area contributed by atoms with Gasteiger partial charge >= 0.3 is 0 Å². The van der Waals surface area contributed by atoms with Gasteiger partial charge in [0.2, 0.25) is 0 Å². The number of aromatic amines is 1. The molecule has 0 radical (unpaired) electrons. The molecule has 2 aromatic rings. The van der Waals surface area contributed by atoms with Gasteiger partial charge in [-0.05, 0) is 24.5 Å². The molecule has 0 spiro atoms. The van der Waals surface area contributed by atoms with Crippen molar-refractivity contribution in [3.8, 4) is 0 Å². The normalized spacial score (nSPS) is 18.8. The van der Waals surface area contributed by atoms with E-state index in [9.17, 15) is 4.39 Å². The Labute approximate surface area is 97.4 Å². The van der Waals surface area contributed by atoms with E-state index >= 15 is 0 Å². The average Bonchev–Trinajstić information content (AvgIpc) is 2.84. The summed E-state index contributed by atoms with van der Waals surface area (Å²) in [5, 5.41) is 7.21. The van der Waals surface area contributed by atoms with Gasteiger partial charge in [-0.3, -0.25) is 5.10 Å². The number of fused-ring (bicyclic) bond motifs is 1. The fourth-order valence-corrected chi connectivity index (χ4v) is 2.64. The Kier molecular flexibility index (Phi) is 2.21. The summed E-state index contributed by atoms with van der Waals surface area (Å²) in [4.78, 5) is 0. The molecule has 1 N–H and O–H groups in total.